The van der Waals surface area contributed by atoms with Crippen LogP contribution in [-0.2, 0) is 19.3 Å². The molecule has 0 aromatic rings. The minimum Gasteiger partial charge on any atom is -0.371 e. The van der Waals surface area contributed by atoms with Gasteiger partial charge in [0.05, 0.1) is 12.8 Å². The van der Waals surface area contributed by atoms with Crippen LogP contribution < -0.4 is 11.0 Å². The predicted octanol–water partition coefficient (Wildman–Crippen LogP) is 11.9. The number of rotatable bonds is 37. The van der Waals surface area contributed by atoms with Gasteiger partial charge in [-0.2, -0.15) is 11.0 Å². The van der Waals surface area contributed by atoms with Crippen molar-refractivity contribution < 1.29 is 19.3 Å². The maximum Gasteiger partial charge on any atom is 0.325 e. The van der Waals surface area contributed by atoms with Crippen LogP contribution in [0, 0.1) is 0 Å². The number of unbranched alkanes of at least 4 members (excludes halogenated alkanes) is 24. The summed E-state index contributed by atoms with van der Waals surface area (Å²) in [4.78, 5) is 33.7. The van der Waals surface area contributed by atoms with Crippen molar-refractivity contribution in [2.24, 2.45) is 0 Å². The lowest BCUT2D eigenvalue weighted by atomic mass is 10.1. The van der Waals surface area contributed by atoms with Gasteiger partial charge in [0.15, 0.2) is 0 Å². The summed E-state index contributed by atoms with van der Waals surface area (Å²) in [7, 11) is 0. The first-order valence-electron chi connectivity index (χ1n) is 19.9. The van der Waals surface area contributed by atoms with Gasteiger partial charge in [0.1, 0.15) is 0 Å². The molecular weight excluding hydrogens is 572 g/mol. The van der Waals surface area contributed by atoms with Crippen molar-refractivity contribution in [2.75, 3.05) is 13.1 Å². The largest absolute Gasteiger partial charge is 0.371 e. The first-order chi connectivity index (χ1) is 22.7. The second kappa shape index (κ2) is 39.5. The zero-order valence-electron chi connectivity index (χ0n) is 30.6. The lowest BCUT2D eigenvalue weighted by molar-refractivity contribution is -0.158. The molecule has 6 nitrogen and oxygen atoms in total. The third kappa shape index (κ3) is 38.5. The molecule has 0 bridgehead atoms. The average molecular weight is 649 g/mol. The summed E-state index contributed by atoms with van der Waals surface area (Å²) in [6, 6.07) is 0. The van der Waals surface area contributed by atoms with Crippen LogP contribution in [-0.4, -0.2) is 25.0 Å². The zero-order chi connectivity index (χ0) is 33.4. The average Bonchev–Trinajstić information content (AvgIpc) is 3.06. The van der Waals surface area contributed by atoms with Crippen LogP contribution in [0.15, 0.2) is 24.3 Å². The highest BCUT2D eigenvalue weighted by Crippen LogP contribution is 2.11. The Balaban J connectivity index is 3.32. The van der Waals surface area contributed by atoms with Crippen LogP contribution >= 0.6 is 0 Å². The Morgan fingerprint density at radius 3 is 0.957 bits per heavy atom. The second-order valence-electron chi connectivity index (χ2n) is 13.1. The SMILES string of the molecule is CCCCCCCC/C=C\CCCCCCCCNOC(=O)CCC(=O)ONCCCCCCCC/C=C\CCCCCCCC. The number of carbonyl (C=O) groups is 2. The summed E-state index contributed by atoms with van der Waals surface area (Å²) in [6.45, 7) is 5.83. The molecule has 0 unspecified atom stereocenters. The Labute approximate surface area is 285 Å². The van der Waals surface area contributed by atoms with Gasteiger partial charge in [0.25, 0.3) is 0 Å². The molecule has 0 spiro atoms. The molecule has 0 aliphatic heterocycles. The van der Waals surface area contributed by atoms with Crippen molar-refractivity contribution in [3.05, 3.63) is 24.3 Å². The molecule has 0 aliphatic rings. The highest BCUT2D eigenvalue weighted by Gasteiger charge is 2.09. The second-order valence-corrected chi connectivity index (χ2v) is 13.1. The van der Waals surface area contributed by atoms with Gasteiger partial charge in [-0.3, -0.25) is 9.59 Å². The third-order valence-corrected chi connectivity index (χ3v) is 8.49. The third-order valence-electron chi connectivity index (χ3n) is 8.49. The number of hydrogen-bond acceptors (Lipinski definition) is 6. The molecule has 0 rings (SSSR count). The van der Waals surface area contributed by atoms with Gasteiger partial charge in [-0.1, -0.05) is 154 Å². The lowest BCUT2D eigenvalue weighted by Crippen LogP contribution is -2.24. The van der Waals surface area contributed by atoms with E-state index in [0.29, 0.717) is 13.1 Å². The molecule has 0 amide bonds. The van der Waals surface area contributed by atoms with Crippen molar-refractivity contribution in [3.8, 4) is 0 Å². The van der Waals surface area contributed by atoms with Crippen molar-refractivity contribution in [1.29, 1.82) is 0 Å². The monoisotopic (exact) mass is 649 g/mol. The highest BCUT2D eigenvalue weighted by molar-refractivity contribution is 5.77. The number of nitrogens with one attached hydrogen (secondary N) is 2. The Morgan fingerprint density at radius 2 is 0.652 bits per heavy atom. The molecule has 0 heterocycles. The van der Waals surface area contributed by atoms with Gasteiger partial charge in [0.2, 0.25) is 0 Å². The van der Waals surface area contributed by atoms with Crippen LogP contribution in [0.3, 0.4) is 0 Å². The Morgan fingerprint density at radius 1 is 0.391 bits per heavy atom. The molecule has 0 fully saturated rings. The van der Waals surface area contributed by atoms with Gasteiger partial charge in [0, 0.05) is 13.1 Å². The number of carbonyl (C=O) groups excluding carboxylic acids is 2. The van der Waals surface area contributed by atoms with Gasteiger partial charge in [-0.25, -0.2) is 0 Å². The molecule has 0 saturated carbocycles. The van der Waals surface area contributed by atoms with Gasteiger partial charge in [-0.15, -0.1) is 0 Å². The van der Waals surface area contributed by atoms with Gasteiger partial charge >= 0.3 is 11.9 Å². The fraction of sp³-hybridized carbons (Fsp3) is 0.850. The molecule has 2 N–H and O–H groups in total. The Bertz CT molecular complexity index is 637. The molecule has 270 valence electrons. The van der Waals surface area contributed by atoms with E-state index in [9.17, 15) is 9.59 Å². The Kier molecular flexibility index (Phi) is 38.1. The van der Waals surface area contributed by atoms with E-state index in [-0.39, 0.29) is 12.8 Å². The summed E-state index contributed by atoms with van der Waals surface area (Å²) in [5.74, 6) is -0.843. The molecule has 0 radical (unpaired) electrons. The van der Waals surface area contributed by atoms with E-state index in [2.05, 4.69) is 49.1 Å². The zero-order valence-corrected chi connectivity index (χ0v) is 30.6. The van der Waals surface area contributed by atoms with E-state index in [4.69, 9.17) is 9.68 Å². The van der Waals surface area contributed by atoms with Crippen molar-refractivity contribution in [1.82, 2.24) is 11.0 Å². The number of hydrogen-bond donors (Lipinski definition) is 2. The van der Waals surface area contributed by atoms with E-state index in [1.54, 1.807) is 0 Å². The van der Waals surface area contributed by atoms with Crippen LogP contribution in [0.1, 0.15) is 206 Å². The first-order valence-corrected chi connectivity index (χ1v) is 19.9. The summed E-state index contributed by atoms with van der Waals surface area (Å²) in [6.07, 6.45) is 45.1. The van der Waals surface area contributed by atoms with Crippen LogP contribution in [0.4, 0.5) is 0 Å². The molecule has 0 aliphatic carbocycles. The van der Waals surface area contributed by atoms with E-state index in [1.165, 1.54) is 154 Å². The molecule has 0 saturated heterocycles. The van der Waals surface area contributed by atoms with Crippen molar-refractivity contribution in [3.63, 3.8) is 0 Å². The Hall–Kier alpha value is -1.66. The normalized spacial score (nSPS) is 11.6. The van der Waals surface area contributed by atoms with E-state index in [1.807, 2.05) is 0 Å². The van der Waals surface area contributed by atoms with E-state index >= 15 is 0 Å². The fourth-order valence-corrected chi connectivity index (χ4v) is 5.46. The maximum atomic E-state index is 11.8. The summed E-state index contributed by atoms with van der Waals surface area (Å²) < 4.78 is 0. The fourth-order valence-electron chi connectivity index (χ4n) is 5.46. The maximum absolute atomic E-state index is 11.8. The summed E-state index contributed by atoms with van der Waals surface area (Å²) >= 11 is 0. The number of hydroxylamine groups is 2. The summed E-state index contributed by atoms with van der Waals surface area (Å²) in [5.41, 5.74) is 5.47. The quantitative estimate of drug-likeness (QED) is 0.0396. The standard InChI is InChI=1S/C40H76N2O4/c1-3-5-7-9-11-13-15-17-19-21-23-25-27-29-31-33-37-41-45-39(43)35-36-40(44)46-42-38-34-32-30-28-26-24-22-20-18-16-14-12-10-8-6-4-2/h17-20,41-42H,3-16,21-38H2,1-2H3/b19-17-,20-18-. The predicted molar refractivity (Wildman–Crippen MR) is 196 cm³/mol. The summed E-state index contributed by atoms with van der Waals surface area (Å²) in [5, 5.41) is 0. The minimum atomic E-state index is -0.421. The topological polar surface area (TPSA) is 76.7 Å². The van der Waals surface area contributed by atoms with Crippen LogP contribution in [0.5, 0.6) is 0 Å². The molecule has 0 atom stereocenters. The smallest absolute Gasteiger partial charge is 0.325 e. The molecule has 0 aromatic heterocycles. The highest BCUT2D eigenvalue weighted by atomic mass is 16.7. The number of allylic oxidation sites excluding steroid dienone is 4. The van der Waals surface area contributed by atoms with Gasteiger partial charge in [-0.05, 0) is 64.2 Å². The first kappa shape index (κ1) is 44.3. The van der Waals surface area contributed by atoms with E-state index < -0.39 is 11.9 Å². The van der Waals surface area contributed by atoms with Gasteiger partial charge < -0.3 is 9.68 Å². The van der Waals surface area contributed by atoms with Crippen molar-refractivity contribution >= 4 is 11.9 Å². The molecule has 6 heteroatoms. The van der Waals surface area contributed by atoms with Crippen LogP contribution in [0.2, 0.25) is 0 Å². The van der Waals surface area contributed by atoms with Crippen LogP contribution in [0.25, 0.3) is 0 Å². The van der Waals surface area contributed by atoms with Crippen molar-refractivity contribution in [2.45, 2.75) is 206 Å². The molecule has 0 aromatic carbocycles. The lowest BCUT2D eigenvalue weighted by Gasteiger charge is -2.07. The minimum absolute atomic E-state index is 0.0230. The molecular formula is C40H76N2O4. The van der Waals surface area contributed by atoms with E-state index in [0.717, 1.165) is 25.7 Å². The molecule has 46 heavy (non-hydrogen) atoms.